The van der Waals surface area contributed by atoms with E-state index in [4.69, 9.17) is 23.4 Å². The number of fused-ring (bicyclic) bond motifs is 1. The van der Waals surface area contributed by atoms with E-state index < -0.39 is 0 Å². The topological polar surface area (TPSA) is 92.1 Å². The van der Waals surface area contributed by atoms with Gasteiger partial charge in [-0.15, -0.1) is 0 Å². The number of hydrogen-bond donors (Lipinski definition) is 1. The van der Waals surface area contributed by atoms with E-state index >= 15 is 0 Å². The number of methoxy groups -OCH3 is 3. The maximum absolute atomic E-state index is 12.3. The predicted octanol–water partition coefficient (Wildman–Crippen LogP) is 5.30. The minimum absolute atomic E-state index is 0.116. The summed E-state index contributed by atoms with van der Waals surface area (Å²) in [4.78, 5) is 16.8. The number of nitrogens with one attached hydrogen (secondary N) is 1. The van der Waals surface area contributed by atoms with Gasteiger partial charge >= 0.3 is 0 Å². The van der Waals surface area contributed by atoms with Crippen molar-refractivity contribution >= 4 is 38.6 Å². The number of anilines is 1. The maximum Gasteiger partial charge on any atom is 0.262 e. The van der Waals surface area contributed by atoms with Crippen LogP contribution in [0.15, 0.2) is 63.5 Å². The van der Waals surface area contributed by atoms with Crippen LogP contribution in [-0.4, -0.2) is 38.8 Å². The lowest BCUT2D eigenvalue weighted by Crippen LogP contribution is -2.20. The number of benzene rings is 3. The first-order valence-corrected chi connectivity index (χ1v) is 10.7. The van der Waals surface area contributed by atoms with E-state index in [9.17, 15) is 4.79 Å². The Bertz CT molecular complexity index is 1260. The summed E-state index contributed by atoms with van der Waals surface area (Å²) < 4.78 is 28.5. The number of rotatable bonds is 8. The number of nitrogens with zero attached hydrogens (tertiary/aromatic N) is 1. The molecule has 0 saturated carbocycles. The largest absolute Gasteiger partial charge is 0.493 e. The Hall–Kier alpha value is -3.72. The Morgan fingerprint density at radius 1 is 0.970 bits per heavy atom. The highest BCUT2D eigenvalue weighted by Gasteiger charge is 2.17. The average molecular weight is 513 g/mol. The second-order valence-electron chi connectivity index (χ2n) is 6.91. The van der Waals surface area contributed by atoms with Gasteiger partial charge in [-0.1, -0.05) is 15.9 Å². The van der Waals surface area contributed by atoms with Crippen molar-refractivity contribution < 1.29 is 28.2 Å². The molecule has 8 nitrogen and oxygen atoms in total. The van der Waals surface area contributed by atoms with E-state index in [0.717, 1.165) is 4.47 Å². The molecule has 0 radical (unpaired) electrons. The summed E-state index contributed by atoms with van der Waals surface area (Å²) in [5, 5.41) is 2.80. The summed E-state index contributed by atoms with van der Waals surface area (Å²) in [6, 6.07) is 16.0. The van der Waals surface area contributed by atoms with E-state index in [1.807, 2.05) is 12.1 Å². The molecular formula is C24H21BrN2O6. The Balaban J connectivity index is 1.51. The smallest absolute Gasteiger partial charge is 0.262 e. The van der Waals surface area contributed by atoms with Crippen molar-refractivity contribution in [1.82, 2.24) is 4.98 Å². The van der Waals surface area contributed by atoms with Crippen molar-refractivity contribution in [3.05, 3.63) is 59.1 Å². The molecule has 9 heteroatoms. The first-order chi connectivity index (χ1) is 16.0. The summed E-state index contributed by atoms with van der Waals surface area (Å²) >= 11 is 3.36. The molecule has 0 fully saturated rings. The van der Waals surface area contributed by atoms with E-state index in [1.54, 1.807) is 63.8 Å². The molecule has 0 aliphatic heterocycles. The minimum Gasteiger partial charge on any atom is -0.493 e. The summed E-state index contributed by atoms with van der Waals surface area (Å²) in [6.45, 7) is -0.116. The summed E-state index contributed by atoms with van der Waals surface area (Å²) in [6.07, 6.45) is 0. The second kappa shape index (κ2) is 9.83. The van der Waals surface area contributed by atoms with E-state index in [1.165, 1.54) is 0 Å². The van der Waals surface area contributed by atoms with Gasteiger partial charge in [-0.3, -0.25) is 4.79 Å². The lowest BCUT2D eigenvalue weighted by atomic mass is 10.2. The lowest BCUT2D eigenvalue weighted by molar-refractivity contribution is -0.118. The third-order valence-electron chi connectivity index (χ3n) is 4.77. The van der Waals surface area contributed by atoms with Gasteiger partial charge in [-0.05, 0) is 54.6 Å². The van der Waals surface area contributed by atoms with Crippen molar-refractivity contribution in [3.8, 4) is 34.5 Å². The summed E-state index contributed by atoms with van der Waals surface area (Å²) in [5.74, 6) is 2.17. The molecule has 3 aromatic carbocycles. The number of carbonyl (C=O) groups is 1. The van der Waals surface area contributed by atoms with Crippen LogP contribution in [0.5, 0.6) is 23.0 Å². The van der Waals surface area contributed by atoms with E-state index in [0.29, 0.717) is 51.2 Å². The van der Waals surface area contributed by atoms with Crippen LogP contribution in [0.2, 0.25) is 0 Å². The molecular weight excluding hydrogens is 492 g/mol. The quantitative estimate of drug-likeness (QED) is 0.342. The van der Waals surface area contributed by atoms with Crippen LogP contribution < -0.4 is 24.3 Å². The zero-order valence-corrected chi connectivity index (χ0v) is 19.8. The molecule has 170 valence electrons. The molecule has 0 aliphatic carbocycles. The fourth-order valence-electron chi connectivity index (χ4n) is 3.21. The molecule has 1 N–H and O–H groups in total. The van der Waals surface area contributed by atoms with Gasteiger partial charge in [0.05, 0.1) is 21.3 Å². The highest BCUT2D eigenvalue weighted by Crippen LogP contribution is 2.41. The number of oxazole rings is 1. The molecule has 0 unspecified atom stereocenters. The molecule has 4 aromatic rings. The molecule has 0 aliphatic rings. The van der Waals surface area contributed by atoms with Crippen molar-refractivity contribution in [1.29, 1.82) is 0 Å². The predicted molar refractivity (Wildman–Crippen MR) is 127 cm³/mol. The summed E-state index contributed by atoms with van der Waals surface area (Å²) in [5.41, 5.74) is 2.40. The fourth-order valence-corrected chi connectivity index (χ4v) is 3.47. The Kier molecular flexibility index (Phi) is 6.69. The first-order valence-electron chi connectivity index (χ1n) is 9.90. The van der Waals surface area contributed by atoms with Gasteiger partial charge in [-0.2, -0.15) is 0 Å². The average Bonchev–Trinajstić information content (AvgIpc) is 3.26. The zero-order valence-electron chi connectivity index (χ0n) is 18.2. The van der Waals surface area contributed by atoms with Crippen LogP contribution in [0.1, 0.15) is 0 Å². The highest BCUT2D eigenvalue weighted by atomic mass is 79.9. The van der Waals surface area contributed by atoms with Gasteiger partial charge in [-0.25, -0.2) is 4.98 Å². The molecule has 1 aromatic heterocycles. The maximum atomic E-state index is 12.3. The third-order valence-corrected chi connectivity index (χ3v) is 5.30. The number of carbonyl (C=O) groups excluding carboxylic acids is 1. The molecule has 1 amide bonds. The standard InChI is InChI=1S/C24H21BrN2O6/c1-29-20-10-14(11-21(30-2)23(20)31-3)24-27-18-12-16(6-9-19(18)33-24)26-22(28)13-32-17-7-4-15(25)5-8-17/h4-12H,13H2,1-3H3,(H,26,28). The van der Waals surface area contributed by atoms with Crippen LogP contribution in [-0.2, 0) is 4.79 Å². The molecule has 0 atom stereocenters. The molecule has 4 rings (SSSR count). The van der Waals surface area contributed by atoms with Crippen LogP contribution in [0, 0.1) is 0 Å². The van der Waals surface area contributed by atoms with Gasteiger partial charge in [0.25, 0.3) is 5.91 Å². The molecule has 1 heterocycles. The molecule has 0 saturated heterocycles. The Labute approximate surface area is 198 Å². The Morgan fingerprint density at radius 3 is 2.30 bits per heavy atom. The van der Waals surface area contributed by atoms with Gasteiger partial charge < -0.3 is 28.7 Å². The molecule has 33 heavy (non-hydrogen) atoms. The number of aromatic nitrogens is 1. The van der Waals surface area contributed by atoms with E-state index in [2.05, 4.69) is 26.2 Å². The fraction of sp³-hybridized carbons (Fsp3) is 0.167. The number of amides is 1. The number of ether oxygens (including phenoxy) is 4. The zero-order chi connectivity index (χ0) is 23.4. The number of halogens is 1. The van der Waals surface area contributed by atoms with Crippen molar-refractivity contribution in [2.24, 2.45) is 0 Å². The monoisotopic (exact) mass is 512 g/mol. The lowest BCUT2D eigenvalue weighted by Gasteiger charge is -2.12. The molecule has 0 spiro atoms. The van der Waals surface area contributed by atoms with Gasteiger partial charge in [0, 0.05) is 15.7 Å². The minimum atomic E-state index is -0.286. The van der Waals surface area contributed by atoms with Crippen LogP contribution in [0.3, 0.4) is 0 Å². The van der Waals surface area contributed by atoms with E-state index in [-0.39, 0.29) is 12.5 Å². The van der Waals surface area contributed by atoms with Crippen LogP contribution >= 0.6 is 15.9 Å². The van der Waals surface area contributed by atoms with Crippen molar-refractivity contribution in [2.45, 2.75) is 0 Å². The number of hydrogen-bond acceptors (Lipinski definition) is 7. The summed E-state index contributed by atoms with van der Waals surface area (Å²) in [7, 11) is 4.63. The van der Waals surface area contributed by atoms with Crippen LogP contribution in [0.4, 0.5) is 5.69 Å². The highest BCUT2D eigenvalue weighted by molar-refractivity contribution is 9.10. The molecule has 0 bridgehead atoms. The Morgan fingerprint density at radius 2 is 1.67 bits per heavy atom. The normalized spacial score (nSPS) is 10.7. The van der Waals surface area contributed by atoms with Crippen LogP contribution in [0.25, 0.3) is 22.6 Å². The first kappa shape index (κ1) is 22.5. The third kappa shape index (κ3) is 5.04. The van der Waals surface area contributed by atoms with Crippen molar-refractivity contribution in [2.75, 3.05) is 33.3 Å². The van der Waals surface area contributed by atoms with Gasteiger partial charge in [0.2, 0.25) is 11.6 Å². The van der Waals surface area contributed by atoms with Gasteiger partial charge in [0.15, 0.2) is 23.7 Å². The second-order valence-corrected chi connectivity index (χ2v) is 7.82. The van der Waals surface area contributed by atoms with Crippen molar-refractivity contribution in [3.63, 3.8) is 0 Å². The van der Waals surface area contributed by atoms with Gasteiger partial charge in [0.1, 0.15) is 11.3 Å². The SMILES string of the molecule is COc1cc(-c2nc3cc(NC(=O)COc4ccc(Br)cc4)ccc3o2)cc(OC)c1OC.